The minimum Gasteiger partial charge on any atom is -0.457 e. The summed E-state index contributed by atoms with van der Waals surface area (Å²) < 4.78 is 57.0. The van der Waals surface area contributed by atoms with Crippen LogP contribution in [0.4, 0.5) is 15.8 Å². The summed E-state index contributed by atoms with van der Waals surface area (Å²) in [7, 11) is 3.00. The van der Waals surface area contributed by atoms with Gasteiger partial charge in [0.05, 0.1) is 10.3 Å². The average molecular weight is 799 g/mol. The fourth-order valence-corrected chi connectivity index (χ4v) is 9.37. The summed E-state index contributed by atoms with van der Waals surface area (Å²) in [6, 6.07) is 23.6. The van der Waals surface area contributed by atoms with Crippen molar-refractivity contribution in [2.24, 2.45) is 0 Å². The van der Waals surface area contributed by atoms with E-state index in [4.69, 9.17) is 12.7 Å². The van der Waals surface area contributed by atoms with E-state index in [0.717, 1.165) is 65.9 Å². The zero-order valence-corrected chi connectivity index (χ0v) is 34.6. The van der Waals surface area contributed by atoms with Gasteiger partial charge in [0.2, 0.25) is 19.6 Å². The van der Waals surface area contributed by atoms with E-state index in [0.29, 0.717) is 30.9 Å². The number of allylic oxidation sites excluding steroid dienone is 7. The molecule has 11 heteroatoms. The van der Waals surface area contributed by atoms with E-state index in [-0.39, 0.29) is 22.0 Å². The predicted molar refractivity (Wildman–Crippen MR) is 230 cm³/mol. The normalized spacial score (nSPS) is 18.8. The lowest BCUT2D eigenvalue weighted by Crippen LogP contribution is -2.27. The van der Waals surface area contributed by atoms with E-state index in [1.165, 1.54) is 40.2 Å². The Morgan fingerprint density at radius 2 is 1.71 bits per heavy atom. The largest absolute Gasteiger partial charge is 0.457 e. The van der Waals surface area contributed by atoms with Gasteiger partial charge in [0, 0.05) is 47.5 Å². The maximum absolute atomic E-state index is 14.7. The minimum absolute atomic E-state index is 0.186. The van der Waals surface area contributed by atoms with Crippen molar-refractivity contribution in [3.63, 3.8) is 0 Å². The summed E-state index contributed by atoms with van der Waals surface area (Å²) in [6.07, 6.45) is 13.7. The highest BCUT2D eigenvalue weighted by atomic mass is 32.2. The predicted octanol–water partition coefficient (Wildman–Crippen LogP) is 9.67. The van der Waals surface area contributed by atoms with Gasteiger partial charge in [-0.15, -0.1) is 0 Å². The first-order chi connectivity index (χ1) is 27.6. The molecule has 2 N–H and O–H groups in total. The summed E-state index contributed by atoms with van der Waals surface area (Å²) in [6.45, 7) is 9.43. The summed E-state index contributed by atoms with van der Waals surface area (Å²) in [5.41, 5.74) is 7.70. The van der Waals surface area contributed by atoms with Crippen molar-refractivity contribution < 1.29 is 31.5 Å². The number of benzene rings is 4. The van der Waals surface area contributed by atoms with Crippen LogP contribution < -0.4 is 14.9 Å². The maximum Gasteiger partial charge on any atom is 0.294 e. The SMILES string of the molecule is [B]NC(=O)CCCCCN1C(=CC=C2CCCC(C=CC3=[N+](C)c4ccc5ccccc5c4C3(C)C)=C2Oc2ccc(S(=O)(=O)O)cc2)C(C)(C)c2cc(F)ccc21. The van der Waals surface area contributed by atoms with E-state index in [1.54, 1.807) is 18.2 Å². The van der Waals surface area contributed by atoms with E-state index < -0.39 is 15.5 Å². The first kappa shape index (κ1) is 40.9. The van der Waals surface area contributed by atoms with Gasteiger partial charge in [-0.25, -0.2) is 4.39 Å². The second kappa shape index (κ2) is 16.2. The molecular weight excluding hydrogens is 748 g/mol. The third-order valence-electron chi connectivity index (χ3n) is 11.9. The van der Waals surface area contributed by atoms with Crippen molar-refractivity contribution in [1.29, 1.82) is 0 Å². The quantitative estimate of drug-likeness (QED) is 0.0642. The van der Waals surface area contributed by atoms with E-state index in [2.05, 4.69) is 110 Å². The molecule has 2 aliphatic heterocycles. The third-order valence-corrected chi connectivity index (χ3v) is 12.8. The molecule has 0 unspecified atom stereocenters. The number of hydrogen-bond donors (Lipinski definition) is 2. The number of fused-ring (bicyclic) bond motifs is 4. The molecule has 2 radical (unpaired) electrons. The Bertz CT molecular complexity index is 2550. The Morgan fingerprint density at radius 1 is 0.948 bits per heavy atom. The van der Waals surface area contributed by atoms with Crippen LogP contribution in [0.25, 0.3) is 10.8 Å². The Hall–Kier alpha value is -5.26. The van der Waals surface area contributed by atoms with E-state index in [1.807, 2.05) is 6.07 Å². The number of halogens is 1. The third kappa shape index (κ3) is 7.94. The lowest BCUT2D eigenvalue weighted by atomic mass is 9.78. The Morgan fingerprint density at radius 3 is 2.45 bits per heavy atom. The molecule has 0 fully saturated rings. The van der Waals surface area contributed by atoms with Gasteiger partial charge in [-0.2, -0.15) is 13.0 Å². The molecule has 1 aliphatic carbocycles. The van der Waals surface area contributed by atoms with Crippen molar-refractivity contribution in [3.8, 4) is 5.75 Å². The van der Waals surface area contributed by atoms with Crippen LogP contribution in [-0.4, -0.2) is 50.7 Å². The van der Waals surface area contributed by atoms with Gasteiger partial charge in [0.1, 0.15) is 24.4 Å². The molecular formula is C47H50BFN3O5S+. The summed E-state index contributed by atoms with van der Waals surface area (Å²) >= 11 is 0. The number of nitrogens with one attached hydrogen (secondary N) is 1. The second-order valence-corrected chi connectivity index (χ2v) is 17.8. The molecule has 3 aliphatic rings. The van der Waals surface area contributed by atoms with Crippen molar-refractivity contribution in [1.82, 2.24) is 5.23 Å². The molecule has 7 rings (SSSR count). The number of hydrogen-bond acceptors (Lipinski definition) is 5. The lowest BCUT2D eigenvalue weighted by Gasteiger charge is -2.27. The molecule has 4 aromatic rings. The molecule has 0 saturated heterocycles. The molecule has 0 atom stereocenters. The van der Waals surface area contributed by atoms with Gasteiger partial charge in [-0.1, -0.05) is 50.6 Å². The number of ether oxygens (including phenoxy) is 1. The standard InChI is InChI=1S/C47H49BFN3O5S/c1-46(2)38-30-34(49)20-26-39(38)52(29-10-6-7-16-43(53)50-48)42(46)28-19-33-14-11-13-32(45(33)57-35-21-23-36(24-22-35)58(54,55)56)18-27-41-47(3,4)44-37-15-9-8-12-31(37)17-25-40(44)51(41)5/h8-9,12,15,17-28,30H,6-7,10-11,13-14,16,29H2,1-5H3,(H-,50,53,54,55,56)/p+1. The van der Waals surface area contributed by atoms with E-state index in [9.17, 15) is 22.2 Å². The van der Waals surface area contributed by atoms with Crippen LogP contribution in [0.5, 0.6) is 5.75 Å². The fourth-order valence-electron chi connectivity index (χ4n) is 8.89. The average Bonchev–Trinajstić information content (AvgIpc) is 3.52. The van der Waals surface area contributed by atoms with Gasteiger partial charge in [-0.05, 0) is 134 Å². The summed E-state index contributed by atoms with van der Waals surface area (Å²) in [5.74, 6) is 0.651. The van der Waals surface area contributed by atoms with Crippen LogP contribution in [0, 0.1) is 5.82 Å². The van der Waals surface area contributed by atoms with Crippen molar-refractivity contribution >= 4 is 51.9 Å². The van der Waals surface area contributed by atoms with Gasteiger partial charge in [0.15, 0.2) is 5.71 Å². The number of carbonyl (C=O) groups is 1. The van der Waals surface area contributed by atoms with E-state index >= 15 is 0 Å². The highest BCUT2D eigenvalue weighted by Gasteiger charge is 2.44. The molecule has 8 nitrogen and oxygen atoms in total. The molecule has 0 aromatic heterocycles. The zero-order valence-electron chi connectivity index (χ0n) is 33.8. The van der Waals surface area contributed by atoms with Crippen LogP contribution in [-0.2, 0) is 25.7 Å². The second-order valence-electron chi connectivity index (χ2n) is 16.4. The summed E-state index contributed by atoms with van der Waals surface area (Å²) in [5, 5.41) is 4.63. The number of nitrogens with zero attached hydrogens (tertiary/aromatic N) is 2. The van der Waals surface area contributed by atoms with Gasteiger partial charge >= 0.3 is 0 Å². The number of rotatable bonds is 12. The smallest absolute Gasteiger partial charge is 0.294 e. The van der Waals surface area contributed by atoms with Gasteiger partial charge in [0.25, 0.3) is 10.1 Å². The Labute approximate surface area is 342 Å². The molecule has 58 heavy (non-hydrogen) atoms. The topological polar surface area (TPSA) is 99.0 Å². The van der Waals surface area contributed by atoms with Crippen LogP contribution in [0.2, 0.25) is 0 Å². The fraction of sp³-hybridized carbons (Fsp3) is 0.319. The molecule has 2 heterocycles. The monoisotopic (exact) mass is 798 g/mol. The molecule has 1 amide bonds. The Balaban J connectivity index is 1.28. The molecule has 4 aromatic carbocycles. The highest BCUT2D eigenvalue weighted by Crippen LogP contribution is 2.49. The first-order valence-corrected chi connectivity index (χ1v) is 21.3. The molecule has 0 bridgehead atoms. The lowest BCUT2D eigenvalue weighted by molar-refractivity contribution is -0.401. The van der Waals surface area contributed by atoms with Crippen LogP contribution in [0.3, 0.4) is 0 Å². The van der Waals surface area contributed by atoms with Crippen LogP contribution in [0.1, 0.15) is 83.8 Å². The molecule has 0 saturated carbocycles. The molecule has 298 valence electrons. The van der Waals surface area contributed by atoms with Crippen LogP contribution >= 0.6 is 0 Å². The summed E-state index contributed by atoms with van der Waals surface area (Å²) in [4.78, 5) is 13.8. The molecule has 0 spiro atoms. The zero-order chi connectivity index (χ0) is 41.4. The number of amides is 1. The van der Waals surface area contributed by atoms with Crippen molar-refractivity contribution in [2.75, 3.05) is 18.5 Å². The first-order valence-electron chi connectivity index (χ1n) is 19.9. The maximum atomic E-state index is 14.7. The minimum atomic E-state index is -4.38. The van der Waals surface area contributed by atoms with Gasteiger partial charge < -0.3 is 14.9 Å². The number of anilines is 1. The number of carbonyl (C=O) groups excluding carboxylic acids is 1. The Kier molecular flexibility index (Phi) is 11.4. The number of unbranched alkanes of at least 4 members (excludes halogenated alkanes) is 2. The van der Waals surface area contributed by atoms with Gasteiger partial charge in [-0.3, -0.25) is 9.35 Å². The highest BCUT2D eigenvalue weighted by molar-refractivity contribution is 7.85. The van der Waals surface area contributed by atoms with Crippen molar-refractivity contribution in [3.05, 3.63) is 143 Å². The van der Waals surface area contributed by atoms with Crippen LogP contribution in [0.15, 0.2) is 131 Å². The van der Waals surface area contributed by atoms with Crippen molar-refractivity contribution in [2.45, 2.75) is 88.4 Å².